The number of carbonyl (C=O) groups excluding carboxylic acids is 1. The highest BCUT2D eigenvalue weighted by Gasteiger charge is 2.32. The summed E-state index contributed by atoms with van der Waals surface area (Å²) < 4.78 is 4.97. The summed E-state index contributed by atoms with van der Waals surface area (Å²) in [7, 11) is 0. The van der Waals surface area contributed by atoms with E-state index >= 15 is 0 Å². The third-order valence-corrected chi connectivity index (χ3v) is 3.02. The SMILES string of the molecule is Cc1noc(C)c1C(=O)NC(CN)C1CC1.Cl. The molecule has 1 amide bonds. The number of hydrogen-bond acceptors (Lipinski definition) is 4. The Balaban J connectivity index is 0.00000144. The lowest BCUT2D eigenvalue weighted by molar-refractivity contribution is 0.0931. The molecular weight excluding hydrogens is 242 g/mol. The fraction of sp³-hybridized carbons (Fsp3) is 0.636. The Morgan fingerprint density at radius 3 is 2.65 bits per heavy atom. The van der Waals surface area contributed by atoms with Crippen LogP contribution < -0.4 is 11.1 Å². The predicted molar refractivity (Wildman–Crippen MR) is 66.3 cm³/mol. The molecule has 17 heavy (non-hydrogen) atoms. The average Bonchev–Trinajstić information content (AvgIpc) is 3.02. The van der Waals surface area contributed by atoms with Crippen LogP contribution >= 0.6 is 12.4 Å². The largest absolute Gasteiger partial charge is 0.361 e. The lowest BCUT2D eigenvalue weighted by Gasteiger charge is -2.15. The molecule has 96 valence electrons. The maximum absolute atomic E-state index is 12.0. The van der Waals surface area contributed by atoms with Gasteiger partial charge in [-0.2, -0.15) is 0 Å². The second-order valence-electron chi connectivity index (χ2n) is 4.35. The van der Waals surface area contributed by atoms with Crippen LogP contribution in [0.1, 0.15) is 34.7 Å². The van der Waals surface area contributed by atoms with E-state index in [1.807, 2.05) is 0 Å². The molecule has 1 aliphatic carbocycles. The Morgan fingerprint density at radius 1 is 1.59 bits per heavy atom. The number of nitrogens with one attached hydrogen (secondary N) is 1. The number of halogens is 1. The predicted octanol–water partition coefficient (Wildman–Crippen LogP) is 1.18. The first-order valence-corrected chi connectivity index (χ1v) is 5.57. The standard InChI is InChI=1S/C11H17N3O2.ClH/c1-6-10(7(2)16-14-6)11(15)13-9(5-12)8-3-4-8;/h8-9H,3-5,12H2,1-2H3,(H,13,15);1H. The lowest BCUT2D eigenvalue weighted by atomic mass is 10.1. The zero-order valence-electron chi connectivity index (χ0n) is 10.0. The second-order valence-corrected chi connectivity index (χ2v) is 4.35. The quantitative estimate of drug-likeness (QED) is 0.851. The van der Waals surface area contributed by atoms with E-state index in [2.05, 4.69) is 10.5 Å². The van der Waals surface area contributed by atoms with Crippen molar-refractivity contribution in [1.82, 2.24) is 10.5 Å². The van der Waals surface area contributed by atoms with Crippen molar-refractivity contribution < 1.29 is 9.32 Å². The average molecular weight is 260 g/mol. The molecule has 1 aromatic heterocycles. The van der Waals surface area contributed by atoms with Gasteiger partial charge in [0.2, 0.25) is 0 Å². The maximum Gasteiger partial charge on any atom is 0.257 e. The van der Waals surface area contributed by atoms with Crippen molar-refractivity contribution in [2.45, 2.75) is 32.7 Å². The van der Waals surface area contributed by atoms with E-state index in [4.69, 9.17) is 10.3 Å². The maximum atomic E-state index is 12.0. The summed E-state index contributed by atoms with van der Waals surface area (Å²) in [6, 6.07) is 0.0844. The summed E-state index contributed by atoms with van der Waals surface area (Å²) >= 11 is 0. The number of rotatable bonds is 4. The summed E-state index contributed by atoms with van der Waals surface area (Å²) in [5.41, 5.74) is 6.80. The van der Waals surface area contributed by atoms with Crippen LogP contribution in [0.3, 0.4) is 0 Å². The third-order valence-electron chi connectivity index (χ3n) is 3.02. The minimum absolute atomic E-state index is 0. The lowest BCUT2D eigenvalue weighted by Crippen LogP contribution is -2.42. The first kappa shape index (κ1) is 14.0. The van der Waals surface area contributed by atoms with Crippen LogP contribution in [0.25, 0.3) is 0 Å². The number of amides is 1. The zero-order chi connectivity index (χ0) is 11.7. The van der Waals surface area contributed by atoms with Gasteiger partial charge < -0.3 is 15.6 Å². The van der Waals surface area contributed by atoms with Crippen LogP contribution in [-0.2, 0) is 0 Å². The molecule has 1 atom stereocenters. The molecule has 1 unspecified atom stereocenters. The highest BCUT2D eigenvalue weighted by molar-refractivity contribution is 5.96. The second kappa shape index (κ2) is 5.51. The van der Waals surface area contributed by atoms with Crippen molar-refractivity contribution in [3.8, 4) is 0 Å². The molecule has 0 radical (unpaired) electrons. The van der Waals surface area contributed by atoms with Crippen molar-refractivity contribution in [2.24, 2.45) is 11.7 Å². The first-order valence-electron chi connectivity index (χ1n) is 5.57. The van der Waals surface area contributed by atoms with Crippen LogP contribution in [0.4, 0.5) is 0 Å². The molecule has 1 aliphatic rings. The fourth-order valence-electron chi connectivity index (χ4n) is 1.92. The highest BCUT2D eigenvalue weighted by atomic mass is 35.5. The van der Waals surface area contributed by atoms with Gasteiger partial charge in [-0.25, -0.2) is 0 Å². The molecule has 0 spiro atoms. The van der Waals surface area contributed by atoms with E-state index in [1.54, 1.807) is 13.8 Å². The van der Waals surface area contributed by atoms with E-state index in [9.17, 15) is 4.79 Å². The monoisotopic (exact) mass is 259 g/mol. The van der Waals surface area contributed by atoms with E-state index in [1.165, 1.54) is 0 Å². The smallest absolute Gasteiger partial charge is 0.257 e. The summed E-state index contributed by atoms with van der Waals surface area (Å²) in [5, 5.41) is 6.71. The molecule has 1 saturated carbocycles. The minimum atomic E-state index is -0.126. The van der Waals surface area contributed by atoms with Gasteiger partial charge >= 0.3 is 0 Å². The summed E-state index contributed by atoms with van der Waals surface area (Å²) in [6.45, 7) is 3.99. The number of nitrogens with zero attached hydrogens (tertiary/aromatic N) is 1. The van der Waals surface area contributed by atoms with Crippen molar-refractivity contribution in [3.05, 3.63) is 17.0 Å². The molecule has 1 fully saturated rings. The molecule has 0 aromatic carbocycles. The Bertz CT molecular complexity index is 382. The van der Waals surface area contributed by atoms with Gasteiger partial charge in [-0.15, -0.1) is 12.4 Å². The molecule has 0 aliphatic heterocycles. The van der Waals surface area contributed by atoms with Gasteiger partial charge in [-0.05, 0) is 32.6 Å². The van der Waals surface area contributed by atoms with Gasteiger partial charge in [-0.3, -0.25) is 4.79 Å². The van der Waals surface area contributed by atoms with Crippen molar-refractivity contribution in [2.75, 3.05) is 6.54 Å². The van der Waals surface area contributed by atoms with Crippen molar-refractivity contribution in [1.29, 1.82) is 0 Å². The van der Waals surface area contributed by atoms with Gasteiger partial charge in [0.15, 0.2) is 0 Å². The number of carbonyl (C=O) groups is 1. The van der Waals surface area contributed by atoms with Crippen LogP contribution in [-0.4, -0.2) is 23.7 Å². The van der Waals surface area contributed by atoms with Gasteiger partial charge in [0.1, 0.15) is 11.3 Å². The molecule has 1 heterocycles. The van der Waals surface area contributed by atoms with Gasteiger partial charge in [0, 0.05) is 12.6 Å². The molecule has 0 bridgehead atoms. The molecular formula is C11H18ClN3O2. The third kappa shape index (κ3) is 2.98. The Hall–Kier alpha value is -1.07. The molecule has 3 N–H and O–H groups in total. The van der Waals surface area contributed by atoms with E-state index in [0.717, 1.165) is 12.8 Å². The number of aryl methyl sites for hydroxylation is 2. The van der Waals surface area contributed by atoms with Crippen LogP contribution in [0.2, 0.25) is 0 Å². The molecule has 2 rings (SSSR count). The van der Waals surface area contributed by atoms with Gasteiger partial charge in [0.25, 0.3) is 5.91 Å². The topological polar surface area (TPSA) is 81.2 Å². The Kier molecular flexibility index (Phi) is 4.54. The van der Waals surface area contributed by atoms with Crippen molar-refractivity contribution >= 4 is 18.3 Å². The summed E-state index contributed by atoms with van der Waals surface area (Å²) in [4.78, 5) is 12.0. The van der Waals surface area contributed by atoms with Gasteiger partial charge in [0.05, 0.1) is 5.69 Å². The van der Waals surface area contributed by atoms with Crippen LogP contribution in [0.15, 0.2) is 4.52 Å². The molecule has 1 aromatic rings. The van der Waals surface area contributed by atoms with E-state index in [-0.39, 0.29) is 24.4 Å². The number of hydrogen-bond donors (Lipinski definition) is 2. The number of nitrogens with two attached hydrogens (primary N) is 1. The normalized spacial score (nSPS) is 16.2. The van der Waals surface area contributed by atoms with Crippen LogP contribution in [0, 0.1) is 19.8 Å². The molecule has 5 nitrogen and oxygen atoms in total. The van der Waals surface area contributed by atoms with Gasteiger partial charge in [-0.1, -0.05) is 5.16 Å². The minimum Gasteiger partial charge on any atom is -0.361 e. The number of aromatic nitrogens is 1. The summed E-state index contributed by atoms with van der Waals surface area (Å²) in [6.07, 6.45) is 2.31. The first-order chi connectivity index (χ1) is 7.63. The highest BCUT2D eigenvalue weighted by Crippen LogP contribution is 2.32. The Labute approximate surface area is 107 Å². The van der Waals surface area contributed by atoms with Crippen molar-refractivity contribution in [3.63, 3.8) is 0 Å². The van der Waals surface area contributed by atoms with E-state index in [0.29, 0.717) is 29.5 Å². The zero-order valence-corrected chi connectivity index (χ0v) is 10.8. The Morgan fingerprint density at radius 2 is 2.24 bits per heavy atom. The fourth-order valence-corrected chi connectivity index (χ4v) is 1.92. The van der Waals surface area contributed by atoms with E-state index < -0.39 is 0 Å². The molecule has 6 heteroatoms. The molecule has 0 saturated heterocycles. The summed E-state index contributed by atoms with van der Waals surface area (Å²) in [5.74, 6) is 0.981. The van der Waals surface area contributed by atoms with Crippen LogP contribution in [0.5, 0.6) is 0 Å².